The van der Waals surface area contributed by atoms with Crippen molar-refractivity contribution < 1.29 is 35.9 Å². The van der Waals surface area contributed by atoms with E-state index in [1.165, 1.54) is 23.1 Å². The zero-order valence-corrected chi connectivity index (χ0v) is 18.1. The minimum Gasteiger partial charge on any atom is -0.406 e. The molecule has 3 aromatic rings. The molecule has 3 rings (SSSR count). The van der Waals surface area contributed by atoms with E-state index in [2.05, 4.69) is 15.0 Å². The molecule has 0 aliphatic carbocycles. The SMILES string of the molecule is CN(C)CCN(C(=O)Nc1cccc(C(F)(F)F)c1)c1nc2ccc(OC(F)(F)F)cc2s1. The lowest BCUT2D eigenvalue weighted by Crippen LogP contribution is -2.39. The Morgan fingerprint density at radius 2 is 1.79 bits per heavy atom. The number of carbonyl (C=O) groups excluding carboxylic acids is 1. The summed E-state index contributed by atoms with van der Waals surface area (Å²) in [6, 6.07) is 7.02. The number of benzene rings is 2. The number of nitrogens with one attached hydrogen (secondary N) is 1. The Labute approximate surface area is 188 Å². The van der Waals surface area contributed by atoms with Crippen molar-refractivity contribution in [2.75, 3.05) is 37.4 Å². The highest BCUT2D eigenvalue weighted by molar-refractivity contribution is 7.22. The number of halogens is 6. The van der Waals surface area contributed by atoms with E-state index in [0.29, 0.717) is 16.8 Å². The summed E-state index contributed by atoms with van der Waals surface area (Å²) in [5.41, 5.74) is -0.643. The van der Waals surface area contributed by atoms with E-state index in [0.717, 1.165) is 35.6 Å². The Hall–Kier alpha value is -3.06. The summed E-state index contributed by atoms with van der Waals surface area (Å²) in [7, 11) is 3.53. The number of carbonyl (C=O) groups is 1. The molecule has 2 aromatic carbocycles. The molecule has 0 bridgehead atoms. The molecule has 0 saturated heterocycles. The van der Waals surface area contributed by atoms with Crippen LogP contribution in [0.5, 0.6) is 5.75 Å². The molecule has 2 amide bonds. The second-order valence-corrected chi connectivity index (χ2v) is 8.15. The van der Waals surface area contributed by atoms with E-state index in [4.69, 9.17) is 0 Å². The highest BCUT2D eigenvalue weighted by Crippen LogP contribution is 2.34. The Balaban J connectivity index is 1.89. The van der Waals surface area contributed by atoms with Crippen molar-refractivity contribution in [3.8, 4) is 5.75 Å². The van der Waals surface area contributed by atoms with Crippen LogP contribution in [0.15, 0.2) is 42.5 Å². The highest BCUT2D eigenvalue weighted by atomic mass is 32.1. The molecule has 0 aliphatic rings. The first-order chi connectivity index (χ1) is 15.3. The number of anilines is 2. The number of amides is 2. The van der Waals surface area contributed by atoms with Gasteiger partial charge in [-0.2, -0.15) is 13.2 Å². The molecule has 6 nitrogen and oxygen atoms in total. The lowest BCUT2D eigenvalue weighted by Gasteiger charge is -2.22. The molecular weight excluding hydrogens is 474 g/mol. The van der Waals surface area contributed by atoms with Crippen LogP contribution < -0.4 is 15.0 Å². The van der Waals surface area contributed by atoms with Crippen LogP contribution in [0.1, 0.15) is 5.56 Å². The molecule has 178 valence electrons. The van der Waals surface area contributed by atoms with Crippen LogP contribution in [0.4, 0.5) is 42.0 Å². The first kappa shape index (κ1) is 24.6. The highest BCUT2D eigenvalue weighted by Gasteiger charge is 2.32. The van der Waals surface area contributed by atoms with E-state index in [9.17, 15) is 31.1 Å². The molecule has 13 heteroatoms. The van der Waals surface area contributed by atoms with Crippen LogP contribution >= 0.6 is 11.3 Å². The Morgan fingerprint density at radius 3 is 2.42 bits per heavy atom. The van der Waals surface area contributed by atoms with Crippen molar-refractivity contribution in [1.82, 2.24) is 9.88 Å². The number of likely N-dealkylation sites (N-methyl/N-ethyl adjacent to an activating group) is 1. The number of nitrogens with zero attached hydrogens (tertiary/aromatic N) is 3. The summed E-state index contributed by atoms with van der Waals surface area (Å²) in [6.45, 7) is 0.526. The molecule has 0 atom stereocenters. The van der Waals surface area contributed by atoms with E-state index in [1.807, 2.05) is 0 Å². The second-order valence-electron chi connectivity index (χ2n) is 7.14. The smallest absolute Gasteiger partial charge is 0.406 e. The molecule has 0 radical (unpaired) electrons. The maximum atomic E-state index is 13.0. The molecule has 1 N–H and O–H groups in total. The normalized spacial score (nSPS) is 12.3. The molecule has 0 unspecified atom stereocenters. The molecule has 0 fully saturated rings. The maximum absolute atomic E-state index is 13.0. The van der Waals surface area contributed by atoms with Gasteiger partial charge < -0.3 is 15.0 Å². The van der Waals surface area contributed by atoms with Crippen molar-refractivity contribution in [2.45, 2.75) is 12.5 Å². The third kappa shape index (κ3) is 6.71. The number of hydrogen-bond donors (Lipinski definition) is 1. The molecule has 0 saturated carbocycles. The number of hydrogen-bond acceptors (Lipinski definition) is 5. The maximum Gasteiger partial charge on any atom is 0.573 e. The number of urea groups is 1. The van der Waals surface area contributed by atoms with E-state index < -0.39 is 29.9 Å². The average Bonchev–Trinajstić information content (AvgIpc) is 3.09. The van der Waals surface area contributed by atoms with E-state index >= 15 is 0 Å². The van der Waals surface area contributed by atoms with Gasteiger partial charge >= 0.3 is 18.6 Å². The van der Waals surface area contributed by atoms with Crippen LogP contribution in [0.3, 0.4) is 0 Å². The minimum absolute atomic E-state index is 0.0633. The van der Waals surface area contributed by atoms with Gasteiger partial charge in [0.25, 0.3) is 0 Å². The van der Waals surface area contributed by atoms with Crippen LogP contribution in [0, 0.1) is 0 Å². The summed E-state index contributed by atoms with van der Waals surface area (Å²) < 4.78 is 80.7. The summed E-state index contributed by atoms with van der Waals surface area (Å²) in [6.07, 6.45) is -9.43. The predicted molar refractivity (Wildman–Crippen MR) is 113 cm³/mol. The van der Waals surface area contributed by atoms with Crippen molar-refractivity contribution in [1.29, 1.82) is 0 Å². The largest absolute Gasteiger partial charge is 0.573 e. The fourth-order valence-electron chi connectivity index (χ4n) is 2.75. The standard InChI is InChI=1S/C20H18F6N4O2S/c1-29(2)8-9-30(17(31)27-13-5-3-4-12(10-13)19(21,22)23)18-28-15-7-6-14(11-16(15)33-18)32-20(24,25)26/h3-7,10-11H,8-9H2,1-2H3,(H,27,31). The molecule has 0 aliphatic heterocycles. The van der Waals surface area contributed by atoms with Gasteiger partial charge in [-0.1, -0.05) is 17.4 Å². The third-order valence-electron chi connectivity index (χ3n) is 4.27. The lowest BCUT2D eigenvalue weighted by molar-refractivity contribution is -0.274. The number of rotatable bonds is 6. The molecule has 33 heavy (non-hydrogen) atoms. The van der Waals surface area contributed by atoms with Crippen LogP contribution in [0.2, 0.25) is 0 Å². The fourth-order valence-corrected chi connectivity index (χ4v) is 3.77. The molecular formula is C20H18F6N4O2S. The summed E-state index contributed by atoms with van der Waals surface area (Å²) in [4.78, 5) is 20.2. The van der Waals surface area contributed by atoms with Gasteiger partial charge in [0.1, 0.15) is 5.75 Å². The van der Waals surface area contributed by atoms with Gasteiger partial charge in [0.2, 0.25) is 0 Å². The minimum atomic E-state index is -4.86. The zero-order valence-electron chi connectivity index (χ0n) is 17.3. The Kier molecular flexibility index (Phi) is 7.03. The first-order valence-electron chi connectivity index (χ1n) is 9.39. The molecule has 1 heterocycles. The van der Waals surface area contributed by atoms with Gasteiger partial charge in [0, 0.05) is 24.8 Å². The number of ether oxygens (including phenoxy) is 1. The van der Waals surface area contributed by atoms with E-state index in [1.54, 1.807) is 19.0 Å². The van der Waals surface area contributed by atoms with E-state index in [-0.39, 0.29) is 17.4 Å². The Morgan fingerprint density at radius 1 is 1.06 bits per heavy atom. The zero-order chi connectivity index (χ0) is 24.4. The molecule has 1 aromatic heterocycles. The molecule has 0 spiro atoms. The number of thiazole rings is 1. The Bertz CT molecular complexity index is 1130. The van der Waals surface area contributed by atoms with Gasteiger partial charge in [0.05, 0.1) is 15.8 Å². The van der Waals surface area contributed by atoms with Crippen molar-refractivity contribution >= 4 is 38.4 Å². The summed E-state index contributed by atoms with van der Waals surface area (Å²) >= 11 is 0.952. The van der Waals surface area contributed by atoms with Crippen molar-refractivity contribution in [2.24, 2.45) is 0 Å². The van der Waals surface area contributed by atoms with Gasteiger partial charge in [-0.25, -0.2) is 9.78 Å². The fraction of sp³-hybridized carbons (Fsp3) is 0.300. The summed E-state index contributed by atoms with van der Waals surface area (Å²) in [5.74, 6) is -0.432. The van der Waals surface area contributed by atoms with Gasteiger partial charge in [-0.05, 0) is 44.4 Å². The number of aromatic nitrogens is 1. The van der Waals surface area contributed by atoms with Crippen LogP contribution in [0.25, 0.3) is 10.2 Å². The topological polar surface area (TPSA) is 57.7 Å². The quantitative estimate of drug-likeness (QED) is 0.441. The van der Waals surface area contributed by atoms with Crippen LogP contribution in [-0.4, -0.2) is 49.5 Å². The van der Waals surface area contributed by atoms with Crippen LogP contribution in [-0.2, 0) is 6.18 Å². The average molecular weight is 492 g/mol. The van der Waals surface area contributed by atoms with Crippen molar-refractivity contribution in [3.05, 3.63) is 48.0 Å². The predicted octanol–water partition coefficient (Wildman–Crippen LogP) is 5.81. The van der Waals surface area contributed by atoms with Gasteiger partial charge in [0.15, 0.2) is 5.13 Å². The number of alkyl halides is 6. The van der Waals surface area contributed by atoms with Gasteiger partial charge in [-0.15, -0.1) is 13.2 Å². The summed E-state index contributed by atoms with van der Waals surface area (Å²) in [5, 5.41) is 2.59. The number of fused-ring (bicyclic) bond motifs is 1. The lowest BCUT2D eigenvalue weighted by atomic mass is 10.2. The van der Waals surface area contributed by atoms with Gasteiger partial charge in [-0.3, -0.25) is 4.90 Å². The van der Waals surface area contributed by atoms with Crippen molar-refractivity contribution in [3.63, 3.8) is 0 Å². The first-order valence-corrected chi connectivity index (χ1v) is 10.2. The second kappa shape index (κ2) is 9.43. The monoisotopic (exact) mass is 492 g/mol. The third-order valence-corrected chi connectivity index (χ3v) is 5.31.